The number of esters is 1. The molecule has 6 nitrogen and oxygen atoms in total. The van der Waals surface area contributed by atoms with Crippen LogP contribution >= 0.6 is 0 Å². The van der Waals surface area contributed by atoms with Gasteiger partial charge < -0.3 is 9.84 Å². The number of carbonyl (C=O) groups is 2. The van der Waals surface area contributed by atoms with Crippen LogP contribution in [0.5, 0.6) is 0 Å². The van der Waals surface area contributed by atoms with Crippen LogP contribution in [0.15, 0.2) is 12.1 Å². The van der Waals surface area contributed by atoms with Gasteiger partial charge in [-0.1, -0.05) is 53.7 Å². The molecular weight excluding hydrogens is 608 g/mol. The minimum atomic E-state index is -1.15. The minimum absolute atomic E-state index is 0.0116. The van der Waals surface area contributed by atoms with Gasteiger partial charge in [-0.05, 0) is 166 Å². The maximum Gasteiger partial charge on any atom is 0.317 e. The number of carboxylic acid groups (broad SMARTS) is 1. The standard InChI is InChI=1S/C43H74N2O4/c1-28-33(37(2,3)4)19-29(20-34(28)38(5,6)7)22-43(16,49-36(48)21-35(46)47)27-32(30-23-39(8,9)44(17)40(10,11)24-30)31-25-41(12,13)45(18)42(14,15)26-31/h19-20,30-32H,21-27H2,1-18H3,(H,46,47). The number of likely N-dealkylation sites (tertiary alicyclic amines) is 2. The first kappa shape index (κ1) is 41.5. The monoisotopic (exact) mass is 683 g/mol. The predicted octanol–water partition coefficient (Wildman–Crippen LogP) is 9.71. The van der Waals surface area contributed by atoms with Crippen LogP contribution in [0.1, 0.15) is 165 Å². The number of rotatable bonds is 9. The number of aliphatic carboxylic acids is 1. The third-order valence-electron chi connectivity index (χ3n) is 12.9. The van der Waals surface area contributed by atoms with E-state index in [9.17, 15) is 14.7 Å². The summed E-state index contributed by atoms with van der Waals surface area (Å²) < 4.78 is 6.46. The van der Waals surface area contributed by atoms with Crippen LogP contribution in [-0.2, 0) is 31.6 Å². The summed E-state index contributed by atoms with van der Waals surface area (Å²) in [5, 5.41) is 9.61. The average molecular weight is 683 g/mol. The molecule has 0 amide bonds. The summed E-state index contributed by atoms with van der Waals surface area (Å²) in [6.07, 6.45) is 4.88. The molecule has 2 saturated heterocycles. The highest BCUT2D eigenvalue weighted by molar-refractivity contribution is 5.90. The van der Waals surface area contributed by atoms with E-state index in [1.54, 1.807) is 0 Å². The fourth-order valence-electron chi connectivity index (χ4n) is 10.2. The third kappa shape index (κ3) is 9.50. The summed E-state index contributed by atoms with van der Waals surface area (Å²) in [6, 6.07) is 4.65. The number of carboxylic acids is 1. The molecule has 2 fully saturated rings. The summed E-state index contributed by atoms with van der Waals surface area (Å²) >= 11 is 0. The first-order chi connectivity index (χ1) is 21.8. The number of hydrogen-bond acceptors (Lipinski definition) is 5. The van der Waals surface area contributed by atoms with Crippen molar-refractivity contribution in [2.45, 2.75) is 194 Å². The molecule has 1 aromatic carbocycles. The number of piperidine rings is 2. The van der Waals surface area contributed by atoms with Gasteiger partial charge in [-0.25, -0.2) is 0 Å². The molecule has 1 N–H and O–H groups in total. The predicted molar refractivity (Wildman–Crippen MR) is 204 cm³/mol. The number of hydrogen-bond donors (Lipinski definition) is 1. The lowest BCUT2D eigenvalue weighted by atomic mass is 9.59. The zero-order valence-corrected chi connectivity index (χ0v) is 34.9. The van der Waals surface area contributed by atoms with Gasteiger partial charge in [0, 0.05) is 28.6 Å². The molecule has 3 rings (SSSR count). The van der Waals surface area contributed by atoms with E-state index in [0.29, 0.717) is 24.7 Å². The van der Waals surface area contributed by atoms with E-state index >= 15 is 0 Å². The van der Waals surface area contributed by atoms with Crippen molar-refractivity contribution in [3.63, 3.8) is 0 Å². The Kier molecular flexibility index (Phi) is 11.5. The van der Waals surface area contributed by atoms with E-state index in [1.807, 2.05) is 0 Å². The molecule has 1 aromatic rings. The van der Waals surface area contributed by atoms with Gasteiger partial charge in [0.1, 0.15) is 12.0 Å². The molecule has 2 aliphatic heterocycles. The molecule has 0 bridgehead atoms. The first-order valence-electron chi connectivity index (χ1n) is 18.9. The Balaban J connectivity index is 2.24. The summed E-state index contributed by atoms with van der Waals surface area (Å²) in [5.74, 6) is -0.668. The molecular formula is C43H74N2O4. The molecule has 2 heterocycles. The van der Waals surface area contributed by atoms with Gasteiger partial charge in [0.15, 0.2) is 0 Å². The fourth-order valence-corrected chi connectivity index (χ4v) is 10.2. The van der Waals surface area contributed by atoms with E-state index in [-0.39, 0.29) is 38.9 Å². The molecule has 2 aliphatic rings. The lowest BCUT2D eigenvalue weighted by Crippen LogP contribution is -2.62. The molecule has 0 aromatic heterocycles. The van der Waals surface area contributed by atoms with Crippen LogP contribution in [0.4, 0.5) is 0 Å². The number of benzene rings is 1. The van der Waals surface area contributed by atoms with E-state index < -0.39 is 24.0 Å². The summed E-state index contributed by atoms with van der Waals surface area (Å²) in [7, 11) is 4.53. The summed E-state index contributed by atoms with van der Waals surface area (Å²) in [5.41, 5.74) is 4.13. The smallest absolute Gasteiger partial charge is 0.317 e. The van der Waals surface area contributed by atoms with Crippen molar-refractivity contribution in [1.29, 1.82) is 0 Å². The highest BCUT2D eigenvalue weighted by atomic mass is 16.6. The van der Waals surface area contributed by atoms with Crippen molar-refractivity contribution in [2.24, 2.45) is 17.8 Å². The van der Waals surface area contributed by atoms with Crippen LogP contribution < -0.4 is 0 Å². The van der Waals surface area contributed by atoms with E-state index in [0.717, 1.165) is 31.2 Å². The second-order valence-corrected chi connectivity index (χ2v) is 21.1. The second-order valence-electron chi connectivity index (χ2n) is 21.1. The van der Waals surface area contributed by atoms with Crippen LogP contribution in [0.25, 0.3) is 0 Å². The number of carbonyl (C=O) groups excluding carboxylic acids is 1. The third-order valence-corrected chi connectivity index (χ3v) is 12.9. The average Bonchev–Trinajstić information content (AvgIpc) is 2.87. The molecule has 1 unspecified atom stereocenters. The van der Waals surface area contributed by atoms with Crippen LogP contribution in [0.2, 0.25) is 0 Å². The fraction of sp³-hybridized carbons (Fsp3) is 0.814. The van der Waals surface area contributed by atoms with Gasteiger partial charge in [0.2, 0.25) is 0 Å². The topological polar surface area (TPSA) is 70.1 Å². The quantitative estimate of drug-likeness (QED) is 0.207. The highest BCUT2D eigenvalue weighted by Gasteiger charge is 2.52. The Hall–Kier alpha value is -1.92. The van der Waals surface area contributed by atoms with Crippen LogP contribution in [0, 0.1) is 24.7 Å². The van der Waals surface area contributed by atoms with Crippen molar-refractivity contribution in [3.8, 4) is 0 Å². The molecule has 0 spiro atoms. The van der Waals surface area contributed by atoms with Crippen molar-refractivity contribution < 1.29 is 19.4 Å². The van der Waals surface area contributed by atoms with Crippen molar-refractivity contribution in [1.82, 2.24) is 9.80 Å². The largest absolute Gasteiger partial charge is 0.481 e. The van der Waals surface area contributed by atoms with Gasteiger partial charge in [-0.2, -0.15) is 0 Å². The van der Waals surface area contributed by atoms with Gasteiger partial charge in [0.25, 0.3) is 0 Å². The Morgan fingerprint density at radius 2 is 1.10 bits per heavy atom. The summed E-state index contributed by atoms with van der Waals surface area (Å²) in [6.45, 7) is 36.9. The molecule has 1 atom stereocenters. The Bertz CT molecular complexity index is 1260. The Morgan fingerprint density at radius 3 is 1.41 bits per heavy atom. The normalized spacial score (nSPS) is 23.3. The van der Waals surface area contributed by atoms with E-state index in [2.05, 4.69) is 147 Å². The minimum Gasteiger partial charge on any atom is -0.481 e. The van der Waals surface area contributed by atoms with Gasteiger partial charge in [0.05, 0.1) is 0 Å². The van der Waals surface area contributed by atoms with Crippen molar-refractivity contribution in [2.75, 3.05) is 14.1 Å². The zero-order chi connectivity index (χ0) is 37.9. The van der Waals surface area contributed by atoms with Gasteiger partial charge in [-0.3, -0.25) is 19.4 Å². The zero-order valence-electron chi connectivity index (χ0n) is 34.9. The molecule has 6 heteroatoms. The Labute approximate surface area is 301 Å². The lowest BCUT2D eigenvalue weighted by molar-refractivity contribution is -0.167. The van der Waals surface area contributed by atoms with Crippen LogP contribution in [0.3, 0.4) is 0 Å². The SMILES string of the molecule is Cc1c(C(C)(C)C)cc(CC(C)(CC(C2CC(C)(C)N(C)C(C)(C)C2)C2CC(C)(C)N(C)C(C)(C)C2)OC(=O)CC(=O)O)cc1C(C)(C)C. The molecule has 0 radical (unpaired) electrons. The molecule has 0 saturated carbocycles. The van der Waals surface area contributed by atoms with Crippen molar-refractivity contribution >= 4 is 11.9 Å². The second kappa shape index (κ2) is 13.6. The maximum atomic E-state index is 13.4. The van der Waals surface area contributed by atoms with Crippen LogP contribution in [-0.4, -0.2) is 68.7 Å². The first-order valence-corrected chi connectivity index (χ1v) is 18.9. The Morgan fingerprint density at radius 1 is 0.755 bits per heavy atom. The summed E-state index contributed by atoms with van der Waals surface area (Å²) in [4.78, 5) is 30.2. The molecule has 0 aliphatic carbocycles. The maximum absolute atomic E-state index is 13.4. The van der Waals surface area contributed by atoms with Gasteiger partial charge in [-0.15, -0.1) is 0 Å². The highest BCUT2D eigenvalue weighted by Crippen LogP contribution is 2.53. The molecule has 280 valence electrons. The van der Waals surface area contributed by atoms with E-state index in [4.69, 9.17) is 4.74 Å². The lowest BCUT2D eigenvalue weighted by Gasteiger charge is -2.59. The number of nitrogens with zero attached hydrogens (tertiary/aromatic N) is 2. The molecule has 49 heavy (non-hydrogen) atoms. The number of ether oxygens (including phenoxy) is 1. The van der Waals surface area contributed by atoms with Crippen molar-refractivity contribution in [3.05, 3.63) is 34.4 Å². The van der Waals surface area contributed by atoms with E-state index in [1.165, 1.54) is 16.7 Å². The van der Waals surface area contributed by atoms with Gasteiger partial charge >= 0.3 is 11.9 Å².